The predicted molar refractivity (Wildman–Crippen MR) is 104 cm³/mol. The Morgan fingerprint density at radius 2 is 2.07 bits per heavy atom. The van der Waals surface area contributed by atoms with Gasteiger partial charge in [0.1, 0.15) is 11.5 Å². The number of carboxylic acids is 1. The van der Waals surface area contributed by atoms with E-state index in [0.29, 0.717) is 27.1 Å². The molecule has 1 aliphatic heterocycles. The summed E-state index contributed by atoms with van der Waals surface area (Å²) < 4.78 is 5.72. The number of benzene rings is 1. The van der Waals surface area contributed by atoms with E-state index in [1.165, 1.54) is 22.3 Å². The van der Waals surface area contributed by atoms with Gasteiger partial charge in [-0.05, 0) is 30.0 Å². The maximum Gasteiger partial charge on any atom is 0.336 e. The van der Waals surface area contributed by atoms with Crippen LogP contribution < -0.4 is 4.90 Å². The molecule has 134 valence electrons. The molecule has 2 aromatic heterocycles. The molecule has 2 N–H and O–H groups in total. The van der Waals surface area contributed by atoms with Gasteiger partial charge in [0.05, 0.1) is 10.5 Å². The Balaban J connectivity index is 1.64. The van der Waals surface area contributed by atoms with Crippen LogP contribution in [0.3, 0.4) is 0 Å². The number of aromatic carboxylic acids is 1. The highest BCUT2D eigenvalue weighted by Gasteiger charge is 2.35. The predicted octanol–water partition coefficient (Wildman–Crippen LogP) is 4.16. The highest BCUT2D eigenvalue weighted by molar-refractivity contribution is 8.19. The number of furan rings is 1. The molecule has 1 saturated heterocycles. The van der Waals surface area contributed by atoms with Crippen molar-refractivity contribution in [1.82, 2.24) is 4.98 Å². The van der Waals surface area contributed by atoms with Crippen LogP contribution in [0.25, 0.3) is 17.4 Å². The van der Waals surface area contributed by atoms with E-state index in [1.807, 2.05) is 0 Å². The lowest BCUT2D eigenvalue weighted by Crippen LogP contribution is -2.27. The smallest absolute Gasteiger partial charge is 0.336 e. The Morgan fingerprint density at radius 3 is 2.81 bits per heavy atom. The number of thiazole rings is 1. The van der Waals surface area contributed by atoms with E-state index >= 15 is 0 Å². The second-order valence-electron chi connectivity index (χ2n) is 5.42. The monoisotopic (exact) mass is 397 g/mol. The van der Waals surface area contributed by atoms with Crippen LogP contribution in [0.5, 0.6) is 0 Å². The second-order valence-corrected chi connectivity index (χ2v) is 7.33. The molecule has 0 bridgehead atoms. The van der Waals surface area contributed by atoms with Crippen molar-refractivity contribution in [3.8, 4) is 11.3 Å². The van der Waals surface area contributed by atoms with Crippen LogP contribution in [0.4, 0.5) is 5.13 Å². The van der Waals surface area contributed by atoms with Gasteiger partial charge in [0.15, 0.2) is 10.3 Å². The summed E-state index contributed by atoms with van der Waals surface area (Å²) in [5, 5.41) is 19.6. The number of amidine groups is 1. The Morgan fingerprint density at radius 1 is 1.26 bits per heavy atom. The van der Waals surface area contributed by atoms with Gasteiger partial charge in [0.25, 0.3) is 5.91 Å². The third-order valence-corrected chi connectivity index (χ3v) is 5.40. The molecule has 0 radical (unpaired) electrons. The molecular formula is C18H11N3O4S2. The Hall–Kier alpha value is -3.17. The zero-order valence-corrected chi connectivity index (χ0v) is 15.2. The number of hydrogen-bond donors (Lipinski definition) is 2. The number of hydrogen-bond acceptors (Lipinski definition) is 7. The molecule has 9 heteroatoms. The highest BCUT2D eigenvalue weighted by atomic mass is 32.2. The van der Waals surface area contributed by atoms with Gasteiger partial charge in [-0.15, -0.1) is 11.3 Å². The molecule has 1 amide bonds. The SMILES string of the molecule is N=C1S/C(=C/c2ccc(-c3ccccc3C(=O)O)o2)C(=O)N1c1nccs1. The van der Waals surface area contributed by atoms with Crippen LogP contribution in [-0.4, -0.2) is 27.1 Å². The number of anilines is 1. The standard InChI is InChI=1S/C18H11N3O4S2/c19-17-21(18-20-7-8-26-18)15(22)14(27-17)9-10-5-6-13(25-10)11-3-1-2-4-12(11)16(23)24/h1-9,19H,(H,23,24)/b14-9+,19-17?. The summed E-state index contributed by atoms with van der Waals surface area (Å²) in [5.74, 6) is -0.600. The molecule has 7 nitrogen and oxygen atoms in total. The van der Waals surface area contributed by atoms with Crippen LogP contribution >= 0.6 is 23.1 Å². The van der Waals surface area contributed by atoms with Gasteiger partial charge in [-0.3, -0.25) is 10.2 Å². The molecule has 0 aliphatic carbocycles. The molecule has 4 rings (SSSR count). The molecule has 1 aromatic carbocycles. The first-order chi connectivity index (χ1) is 13.0. The van der Waals surface area contributed by atoms with E-state index in [-0.39, 0.29) is 16.6 Å². The first-order valence-corrected chi connectivity index (χ1v) is 9.39. The maximum absolute atomic E-state index is 12.6. The summed E-state index contributed by atoms with van der Waals surface area (Å²) in [6.07, 6.45) is 3.12. The number of rotatable bonds is 4. The Bertz CT molecular complexity index is 1090. The minimum Gasteiger partial charge on any atom is -0.478 e. The topological polar surface area (TPSA) is 107 Å². The van der Waals surface area contributed by atoms with Crippen LogP contribution in [0.1, 0.15) is 16.1 Å². The molecular weight excluding hydrogens is 386 g/mol. The van der Waals surface area contributed by atoms with Gasteiger partial charge in [-0.1, -0.05) is 18.2 Å². The lowest BCUT2D eigenvalue weighted by Gasteiger charge is -2.08. The maximum atomic E-state index is 12.6. The number of thioether (sulfide) groups is 1. The number of nitrogens with one attached hydrogen (secondary N) is 1. The van der Waals surface area contributed by atoms with Crippen molar-refractivity contribution < 1.29 is 19.1 Å². The van der Waals surface area contributed by atoms with Crippen LogP contribution in [-0.2, 0) is 4.79 Å². The van der Waals surface area contributed by atoms with E-state index in [0.717, 1.165) is 11.8 Å². The number of amides is 1. The first kappa shape index (κ1) is 17.3. The average Bonchev–Trinajstić information content (AvgIpc) is 3.37. The lowest BCUT2D eigenvalue weighted by atomic mass is 10.1. The summed E-state index contributed by atoms with van der Waals surface area (Å²) in [6, 6.07) is 9.85. The van der Waals surface area contributed by atoms with Crippen molar-refractivity contribution in [3.05, 3.63) is 64.2 Å². The number of carboxylic acid groups (broad SMARTS) is 1. The fraction of sp³-hybridized carbons (Fsp3) is 0. The first-order valence-electron chi connectivity index (χ1n) is 7.69. The van der Waals surface area contributed by atoms with E-state index in [9.17, 15) is 14.7 Å². The molecule has 3 aromatic rings. The van der Waals surface area contributed by atoms with E-state index in [4.69, 9.17) is 9.83 Å². The normalized spacial score (nSPS) is 15.7. The van der Waals surface area contributed by atoms with E-state index in [2.05, 4.69) is 4.98 Å². The third-order valence-electron chi connectivity index (χ3n) is 3.76. The highest BCUT2D eigenvalue weighted by Crippen LogP contribution is 2.36. The van der Waals surface area contributed by atoms with Gasteiger partial charge >= 0.3 is 5.97 Å². The van der Waals surface area contributed by atoms with E-state index in [1.54, 1.807) is 48.0 Å². The van der Waals surface area contributed by atoms with Gasteiger partial charge in [-0.25, -0.2) is 14.7 Å². The van der Waals surface area contributed by atoms with Crippen molar-refractivity contribution in [2.45, 2.75) is 0 Å². The lowest BCUT2D eigenvalue weighted by molar-refractivity contribution is -0.113. The largest absolute Gasteiger partial charge is 0.478 e. The molecule has 1 aliphatic rings. The third kappa shape index (κ3) is 3.18. The van der Waals surface area contributed by atoms with Gasteiger partial charge in [0, 0.05) is 23.2 Å². The minimum absolute atomic E-state index is 0.0733. The van der Waals surface area contributed by atoms with Crippen molar-refractivity contribution in [2.24, 2.45) is 0 Å². The van der Waals surface area contributed by atoms with E-state index < -0.39 is 5.97 Å². The fourth-order valence-corrected chi connectivity index (χ4v) is 4.10. The van der Waals surface area contributed by atoms with Crippen molar-refractivity contribution in [2.75, 3.05) is 4.90 Å². The zero-order valence-electron chi connectivity index (χ0n) is 13.6. The van der Waals surface area contributed by atoms with Crippen molar-refractivity contribution in [1.29, 1.82) is 5.41 Å². The Labute approximate surface area is 161 Å². The molecule has 3 heterocycles. The summed E-state index contributed by atoms with van der Waals surface area (Å²) in [7, 11) is 0. The van der Waals surface area contributed by atoms with Crippen LogP contribution in [0.15, 0.2) is 57.3 Å². The summed E-state index contributed by atoms with van der Waals surface area (Å²) >= 11 is 2.30. The Kier molecular flexibility index (Phi) is 4.38. The number of carbonyl (C=O) groups excluding carboxylic acids is 1. The van der Waals surface area contributed by atoms with Gasteiger partial charge in [-0.2, -0.15) is 0 Å². The van der Waals surface area contributed by atoms with Crippen molar-refractivity contribution >= 4 is 51.4 Å². The van der Waals surface area contributed by atoms with Gasteiger partial charge in [0.2, 0.25) is 0 Å². The zero-order chi connectivity index (χ0) is 19.0. The van der Waals surface area contributed by atoms with Gasteiger partial charge < -0.3 is 9.52 Å². The molecule has 0 saturated carbocycles. The van der Waals surface area contributed by atoms with Crippen LogP contribution in [0.2, 0.25) is 0 Å². The van der Waals surface area contributed by atoms with Crippen molar-refractivity contribution in [3.63, 3.8) is 0 Å². The van der Waals surface area contributed by atoms with Crippen LogP contribution in [0, 0.1) is 5.41 Å². The number of nitrogens with zero attached hydrogens (tertiary/aromatic N) is 2. The quantitative estimate of drug-likeness (QED) is 0.640. The summed E-state index contributed by atoms with van der Waals surface area (Å²) in [5.41, 5.74) is 0.589. The summed E-state index contributed by atoms with van der Waals surface area (Å²) in [6.45, 7) is 0. The number of carbonyl (C=O) groups is 2. The second kappa shape index (κ2) is 6.86. The minimum atomic E-state index is -1.05. The average molecular weight is 397 g/mol. The molecule has 0 unspecified atom stereocenters. The molecule has 0 atom stereocenters. The summed E-state index contributed by atoms with van der Waals surface area (Å²) in [4.78, 5) is 29.6. The molecule has 0 spiro atoms. The number of aromatic nitrogens is 1. The molecule has 1 fully saturated rings. The molecule has 27 heavy (non-hydrogen) atoms. The fourth-order valence-electron chi connectivity index (χ4n) is 2.58.